The predicted octanol–water partition coefficient (Wildman–Crippen LogP) is 4.31. The van der Waals surface area contributed by atoms with Gasteiger partial charge in [-0.1, -0.05) is 36.4 Å². The molecular weight excluding hydrogens is 260 g/mol. The fraction of sp³-hybridized carbons (Fsp3) is 0.111. The lowest BCUT2D eigenvalue weighted by atomic mass is 10.1. The molecule has 3 heteroatoms. The van der Waals surface area contributed by atoms with Crippen molar-refractivity contribution in [2.75, 3.05) is 0 Å². The van der Waals surface area contributed by atoms with Crippen molar-refractivity contribution >= 4 is 22.8 Å². The predicted molar refractivity (Wildman–Crippen MR) is 86.6 cm³/mol. The summed E-state index contributed by atoms with van der Waals surface area (Å²) in [7, 11) is 0. The maximum Gasteiger partial charge on any atom is 0.141 e. The lowest BCUT2D eigenvalue weighted by molar-refractivity contribution is 0.480. The van der Waals surface area contributed by atoms with Crippen molar-refractivity contribution in [3.05, 3.63) is 65.4 Å². The van der Waals surface area contributed by atoms with E-state index in [1.54, 1.807) is 12.3 Å². The average molecular weight is 276 g/mol. The minimum absolute atomic E-state index is 0.190. The summed E-state index contributed by atoms with van der Waals surface area (Å²) in [6.07, 6.45) is 1.74. The Hall–Kier alpha value is -2.68. The summed E-state index contributed by atoms with van der Waals surface area (Å²) < 4.78 is 0. The number of hydrogen-bond donors (Lipinski definition) is 1. The van der Waals surface area contributed by atoms with E-state index in [9.17, 15) is 5.11 Å². The second-order valence-corrected chi connectivity index (χ2v) is 5.08. The molecule has 3 rings (SSSR count). The number of rotatable bonds is 2. The van der Waals surface area contributed by atoms with E-state index in [-0.39, 0.29) is 5.75 Å². The van der Waals surface area contributed by atoms with Crippen LogP contribution in [0, 0.1) is 13.8 Å². The van der Waals surface area contributed by atoms with Crippen molar-refractivity contribution in [3.63, 3.8) is 0 Å². The number of nitrogens with zero attached hydrogens (tertiary/aromatic N) is 2. The average Bonchev–Trinajstić information content (AvgIpc) is 2.47. The van der Waals surface area contributed by atoms with E-state index in [0.717, 1.165) is 27.9 Å². The number of aliphatic imine (C=N–C) groups is 1. The summed E-state index contributed by atoms with van der Waals surface area (Å²) in [5.41, 5.74) is 4.57. The van der Waals surface area contributed by atoms with Crippen LogP contribution in [0.15, 0.2) is 53.5 Å². The maximum atomic E-state index is 9.86. The monoisotopic (exact) mass is 276 g/mol. The molecule has 0 unspecified atom stereocenters. The van der Waals surface area contributed by atoms with Gasteiger partial charge in [0.1, 0.15) is 11.3 Å². The Morgan fingerprint density at radius 2 is 1.67 bits per heavy atom. The highest BCUT2D eigenvalue weighted by Gasteiger charge is 2.02. The Labute approximate surface area is 123 Å². The molecule has 0 saturated heterocycles. The van der Waals surface area contributed by atoms with Crippen molar-refractivity contribution in [2.45, 2.75) is 13.8 Å². The maximum absolute atomic E-state index is 9.86. The largest absolute Gasteiger partial charge is 0.506 e. The van der Waals surface area contributed by atoms with E-state index in [2.05, 4.69) is 9.98 Å². The van der Waals surface area contributed by atoms with Crippen molar-refractivity contribution < 1.29 is 5.11 Å². The lowest BCUT2D eigenvalue weighted by Crippen LogP contribution is -1.89. The molecule has 104 valence electrons. The summed E-state index contributed by atoms with van der Waals surface area (Å²) >= 11 is 0. The van der Waals surface area contributed by atoms with Crippen LogP contribution >= 0.6 is 0 Å². The van der Waals surface area contributed by atoms with E-state index in [1.807, 2.05) is 56.3 Å². The molecule has 0 aliphatic heterocycles. The number of aromatic nitrogens is 1. The van der Waals surface area contributed by atoms with Crippen LogP contribution in [-0.2, 0) is 0 Å². The van der Waals surface area contributed by atoms with Gasteiger partial charge in [0.15, 0.2) is 0 Å². The third-order valence-corrected chi connectivity index (χ3v) is 3.49. The van der Waals surface area contributed by atoms with E-state index in [1.165, 1.54) is 0 Å². The summed E-state index contributed by atoms with van der Waals surface area (Å²) in [4.78, 5) is 8.99. The van der Waals surface area contributed by atoms with Gasteiger partial charge in [-0.2, -0.15) is 0 Å². The number of phenolic OH excluding ortho intramolecular Hbond substituents is 1. The van der Waals surface area contributed by atoms with Crippen molar-refractivity contribution in [1.29, 1.82) is 0 Å². The molecule has 1 heterocycles. The number of benzene rings is 2. The number of phenols is 1. The highest BCUT2D eigenvalue weighted by molar-refractivity contribution is 5.89. The number of fused-ring (bicyclic) bond motifs is 1. The molecular formula is C18H16N2O. The fourth-order valence-corrected chi connectivity index (χ4v) is 2.36. The van der Waals surface area contributed by atoms with Crippen molar-refractivity contribution in [2.24, 2.45) is 4.99 Å². The number of para-hydroxylation sites is 2. The third-order valence-electron chi connectivity index (χ3n) is 3.49. The van der Waals surface area contributed by atoms with Crippen LogP contribution in [0.25, 0.3) is 10.9 Å². The normalized spacial score (nSPS) is 11.3. The van der Waals surface area contributed by atoms with Gasteiger partial charge in [-0.3, -0.25) is 4.99 Å². The topological polar surface area (TPSA) is 45.5 Å². The zero-order valence-corrected chi connectivity index (χ0v) is 12.0. The smallest absolute Gasteiger partial charge is 0.141 e. The zero-order chi connectivity index (χ0) is 14.8. The van der Waals surface area contributed by atoms with Crippen LogP contribution in [-0.4, -0.2) is 16.3 Å². The molecule has 1 N–H and O–H groups in total. The zero-order valence-electron chi connectivity index (χ0n) is 12.0. The minimum Gasteiger partial charge on any atom is -0.506 e. The van der Waals surface area contributed by atoms with Gasteiger partial charge < -0.3 is 5.11 Å². The first-order valence-electron chi connectivity index (χ1n) is 6.84. The first kappa shape index (κ1) is 13.3. The van der Waals surface area contributed by atoms with Gasteiger partial charge in [0, 0.05) is 5.39 Å². The molecule has 0 spiro atoms. The quantitative estimate of drug-likeness (QED) is 0.709. The molecule has 0 bridgehead atoms. The third kappa shape index (κ3) is 2.63. The molecule has 21 heavy (non-hydrogen) atoms. The molecule has 3 aromatic rings. The Balaban J connectivity index is 2.02. The van der Waals surface area contributed by atoms with Crippen molar-refractivity contribution in [3.8, 4) is 5.75 Å². The van der Waals surface area contributed by atoms with Crippen LogP contribution in [0.3, 0.4) is 0 Å². The van der Waals surface area contributed by atoms with Crippen LogP contribution in [0.5, 0.6) is 5.75 Å². The first-order chi connectivity index (χ1) is 10.1. The van der Waals surface area contributed by atoms with E-state index in [0.29, 0.717) is 5.52 Å². The Morgan fingerprint density at radius 3 is 2.43 bits per heavy atom. The van der Waals surface area contributed by atoms with Gasteiger partial charge in [0.05, 0.1) is 17.6 Å². The Bertz CT molecular complexity index is 817. The van der Waals surface area contributed by atoms with Crippen molar-refractivity contribution in [1.82, 2.24) is 4.98 Å². The van der Waals surface area contributed by atoms with Gasteiger partial charge in [-0.15, -0.1) is 0 Å². The standard InChI is InChI=1S/C18H16N2O/c1-12-5-3-6-13(2)17(12)19-11-15-10-9-14-7-4-8-16(21)18(14)20-15/h3-11,21H,1-2H3. The van der Waals surface area contributed by atoms with Crippen LogP contribution in [0.1, 0.15) is 16.8 Å². The van der Waals surface area contributed by atoms with Gasteiger partial charge in [0.2, 0.25) is 0 Å². The van der Waals surface area contributed by atoms with Crippen LogP contribution < -0.4 is 0 Å². The molecule has 0 aliphatic rings. The summed E-state index contributed by atoms with van der Waals surface area (Å²) in [6.45, 7) is 4.08. The Morgan fingerprint density at radius 1 is 0.952 bits per heavy atom. The van der Waals surface area contributed by atoms with E-state index in [4.69, 9.17) is 0 Å². The number of pyridine rings is 1. The lowest BCUT2D eigenvalue weighted by Gasteiger charge is -2.04. The van der Waals surface area contributed by atoms with Crippen LogP contribution in [0.4, 0.5) is 5.69 Å². The van der Waals surface area contributed by atoms with Gasteiger partial charge in [0.25, 0.3) is 0 Å². The first-order valence-corrected chi connectivity index (χ1v) is 6.84. The van der Waals surface area contributed by atoms with Gasteiger partial charge in [-0.25, -0.2) is 4.98 Å². The summed E-state index contributed by atoms with van der Waals surface area (Å²) in [5, 5.41) is 10.8. The van der Waals surface area contributed by atoms with E-state index >= 15 is 0 Å². The fourth-order valence-electron chi connectivity index (χ4n) is 2.36. The summed E-state index contributed by atoms with van der Waals surface area (Å²) in [5.74, 6) is 0.190. The molecule has 2 aromatic carbocycles. The molecule has 0 radical (unpaired) electrons. The van der Waals surface area contributed by atoms with Gasteiger partial charge >= 0.3 is 0 Å². The van der Waals surface area contributed by atoms with Crippen LogP contribution in [0.2, 0.25) is 0 Å². The number of hydrogen-bond acceptors (Lipinski definition) is 3. The number of aryl methyl sites for hydroxylation is 2. The second-order valence-electron chi connectivity index (χ2n) is 5.08. The van der Waals surface area contributed by atoms with E-state index < -0.39 is 0 Å². The highest BCUT2D eigenvalue weighted by atomic mass is 16.3. The molecule has 0 saturated carbocycles. The molecule has 3 nitrogen and oxygen atoms in total. The Kier molecular flexibility index (Phi) is 3.40. The molecule has 0 aliphatic carbocycles. The molecule has 1 aromatic heterocycles. The molecule has 0 atom stereocenters. The highest BCUT2D eigenvalue weighted by Crippen LogP contribution is 2.24. The number of aromatic hydroxyl groups is 1. The molecule has 0 fully saturated rings. The van der Waals surface area contributed by atoms with Gasteiger partial charge in [-0.05, 0) is 37.1 Å². The SMILES string of the molecule is Cc1cccc(C)c1N=Cc1ccc2cccc(O)c2n1. The second kappa shape index (κ2) is 5.37. The summed E-state index contributed by atoms with van der Waals surface area (Å²) in [6, 6.07) is 15.3. The molecule has 0 amide bonds. The minimum atomic E-state index is 0.190.